The van der Waals surface area contributed by atoms with E-state index in [1.807, 2.05) is 0 Å². The van der Waals surface area contributed by atoms with Gasteiger partial charge in [0, 0.05) is 31.3 Å². The smallest absolute Gasteiger partial charge is 0.408 e. The van der Waals surface area contributed by atoms with Gasteiger partial charge in [-0.3, -0.25) is 19.3 Å². The topological polar surface area (TPSA) is 114 Å². The molecule has 2 aromatic carbocycles. The Labute approximate surface area is 210 Å². The summed E-state index contributed by atoms with van der Waals surface area (Å²) in [5.41, 5.74) is 0.647. The molecule has 0 unspecified atom stereocenters. The van der Waals surface area contributed by atoms with E-state index in [-0.39, 0.29) is 26.2 Å². The Hall–Kier alpha value is -4.08. The first-order valence-electron chi connectivity index (χ1n) is 11.4. The molecule has 4 amide bonds. The third kappa shape index (κ3) is 6.32. The number of methoxy groups -OCH3 is 2. The van der Waals surface area contributed by atoms with Crippen molar-refractivity contribution in [3.8, 4) is 11.5 Å². The van der Waals surface area contributed by atoms with Gasteiger partial charge in [0.15, 0.2) is 0 Å². The predicted molar refractivity (Wildman–Crippen MR) is 131 cm³/mol. The van der Waals surface area contributed by atoms with E-state index in [0.717, 1.165) is 4.90 Å². The van der Waals surface area contributed by atoms with Crippen LogP contribution in [0.3, 0.4) is 0 Å². The number of nitrogens with zero attached hydrogens (tertiary/aromatic N) is 2. The molecule has 0 radical (unpaired) electrons. The van der Waals surface area contributed by atoms with Crippen LogP contribution in [0, 0.1) is 0 Å². The molecule has 0 aliphatic carbocycles. The van der Waals surface area contributed by atoms with Gasteiger partial charge in [-0.15, -0.1) is 0 Å². The van der Waals surface area contributed by atoms with E-state index < -0.39 is 29.4 Å². The van der Waals surface area contributed by atoms with Crippen LogP contribution in [0.4, 0.5) is 4.79 Å². The Morgan fingerprint density at radius 1 is 0.972 bits per heavy atom. The zero-order valence-corrected chi connectivity index (χ0v) is 21.1. The maximum absolute atomic E-state index is 13.1. The van der Waals surface area contributed by atoms with Crippen molar-refractivity contribution >= 4 is 23.8 Å². The summed E-state index contributed by atoms with van der Waals surface area (Å²) in [6.07, 6.45) is -0.724. The highest BCUT2D eigenvalue weighted by atomic mass is 16.6. The standard InChI is InChI=1S/C26H31N3O7/c1-26(2,3)36-25(33)27-15-22(30)28(16-17-10-11-18(34-4)14-21(17)35-5)12-13-29-23(31)19-8-6-7-9-20(19)24(29)32/h6-11,14H,12-13,15-16H2,1-5H3,(H,27,33). The first-order valence-corrected chi connectivity index (χ1v) is 11.4. The van der Waals surface area contributed by atoms with E-state index in [1.54, 1.807) is 63.2 Å². The van der Waals surface area contributed by atoms with Crippen LogP contribution in [0.25, 0.3) is 0 Å². The molecule has 0 spiro atoms. The van der Waals surface area contributed by atoms with Gasteiger partial charge >= 0.3 is 6.09 Å². The average molecular weight is 498 g/mol. The number of nitrogens with one attached hydrogen (secondary N) is 1. The molecule has 1 aliphatic rings. The van der Waals surface area contributed by atoms with Gasteiger partial charge in [0.05, 0.1) is 25.3 Å². The molecule has 0 atom stereocenters. The van der Waals surface area contributed by atoms with E-state index in [1.165, 1.54) is 19.1 Å². The van der Waals surface area contributed by atoms with E-state index in [4.69, 9.17) is 14.2 Å². The SMILES string of the molecule is COc1ccc(CN(CCN2C(=O)c3ccccc3C2=O)C(=O)CNC(=O)OC(C)(C)C)c(OC)c1. The molecule has 0 saturated heterocycles. The molecule has 1 N–H and O–H groups in total. The van der Waals surface area contributed by atoms with Gasteiger partial charge in [0.25, 0.3) is 11.8 Å². The third-order valence-corrected chi connectivity index (χ3v) is 5.46. The molecule has 36 heavy (non-hydrogen) atoms. The summed E-state index contributed by atoms with van der Waals surface area (Å²) < 4.78 is 15.9. The molecular formula is C26H31N3O7. The molecule has 1 aliphatic heterocycles. The third-order valence-electron chi connectivity index (χ3n) is 5.46. The number of alkyl carbamates (subject to hydrolysis) is 1. The van der Waals surface area contributed by atoms with Crippen molar-refractivity contribution in [1.29, 1.82) is 0 Å². The van der Waals surface area contributed by atoms with Crippen LogP contribution < -0.4 is 14.8 Å². The maximum Gasteiger partial charge on any atom is 0.408 e. The highest BCUT2D eigenvalue weighted by Crippen LogP contribution is 2.26. The first kappa shape index (κ1) is 26.5. The van der Waals surface area contributed by atoms with Crippen LogP contribution in [0.5, 0.6) is 11.5 Å². The number of fused-ring (bicyclic) bond motifs is 1. The fourth-order valence-corrected chi connectivity index (χ4v) is 3.72. The van der Waals surface area contributed by atoms with E-state index in [2.05, 4.69) is 5.32 Å². The number of benzene rings is 2. The molecule has 0 saturated carbocycles. The van der Waals surface area contributed by atoms with Crippen molar-refractivity contribution in [3.05, 3.63) is 59.2 Å². The number of ether oxygens (including phenoxy) is 3. The van der Waals surface area contributed by atoms with Crippen molar-refractivity contribution in [2.24, 2.45) is 0 Å². The second-order valence-corrected chi connectivity index (χ2v) is 9.16. The van der Waals surface area contributed by atoms with E-state index in [9.17, 15) is 19.2 Å². The lowest BCUT2D eigenvalue weighted by Gasteiger charge is -2.26. The summed E-state index contributed by atoms with van der Waals surface area (Å²) in [6.45, 7) is 5.00. The monoisotopic (exact) mass is 497 g/mol. The lowest BCUT2D eigenvalue weighted by atomic mass is 10.1. The van der Waals surface area contributed by atoms with Crippen LogP contribution >= 0.6 is 0 Å². The highest BCUT2D eigenvalue weighted by molar-refractivity contribution is 6.21. The summed E-state index contributed by atoms with van der Waals surface area (Å²) >= 11 is 0. The van der Waals surface area contributed by atoms with Crippen molar-refractivity contribution in [2.45, 2.75) is 32.9 Å². The van der Waals surface area contributed by atoms with Gasteiger partial charge in [0.2, 0.25) is 5.91 Å². The van der Waals surface area contributed by atoms with E-state index >= 15 is 0 Å². The number of hydrogen-bond acceptors (Lipinski definition) is 7. The molecule has 10 heteroatoms. The number of carbonyl (C=O) groups is 4. The van der Waals surface area contributed by atoms with Crippen LogP contribution in [0.2, 0.25) is 0 Å². The predicted octanol–water partition coefficient (Wildman–Crippen LogP) is 2.85. The molecular weight excluding hydrogens is 466 g/mol. The Kier molecular flexibility index (Phi) is 8.18. The number of hydrogen-bond donors (Lipinski definition) is 1. The van der Waals surface area contributed by atoms with Gasteiger partial charge < -0.3 is 24.4 Å². The molecule has 1 heterocycles. The Bertz CT molecular complexity index is 1120. The normalized spacial score (nSPS) is 12.8. The molecule has 0 fully saturated rings. The average Bonchev–Trinajstić information content (AvgIpc) is 3.08. The fraction of sp³-hybridized carbons (Fsp3) is 0.385. The number of amides is 4. The Balaban J connectivity index is 1.76. The van der Waals surface area contributed by atoms with E-state index in [0.29, 0.717) is 28.2 Å². The minimum atomic E-state index is -0.724. The summed E-state index contributed by atoms with van der Waals surface area (Å²) in [7, 11) is 3.04. The molecule has 2 aromatic rings. The van der Waals surface area contributed by atoms with Crippen LogP contribution in [0.1, 0.15) is 47.1 Å². The summed E-state index contributed by atoms with van der Waals surface area (Å²) in [5, 5.41) is 2.46. The van der Waals surface area contributed by atoms with Crippen molar-refractivity contribution in [2.75, 3.05) is 33.9 Å². The highest BCUT2D eigenvalue weighted by Gasteiger charge is 2.35. The lowest BCUT2D eigenvalue weighted by molar-refractivity contribution is -0.131. The quantitative estimate of drug-likeness (QED) is 0.530. The Morgan fingerprint density at radius 2 is 1.61 bits per heavy atom. The Morgan fingerprint density at radius 3 is 2.17 bits per heavy atom. The van der Waals surface area contributed by atoms with Crippen LogP contribution in [-0.4, -0.2) is 73.1 Å². The van der Waals surface area contributed by atoms with Crippen LogP contribution in [0.15, 0.2) is 42.5 Å². The van der Waals surface area contributed by atoms with Gasteiger partial charge in [-0.05, 0) is 45.0 Å². The van der Waals surface area contributed by atoms with Crippen molar-refractivity contribution in [1.82, 2.24) is 15.1 Å². The molecule has 3 rings (SSSR count). The van der Waals surface area contributed by atoms with Gasteiger partial charge in [0.1, 0.15) is 23.6 Å². The second kappa shape index (κ2) is 11.1. The largest absolute Gasteiger partial charge is 0.497 e. The van der Waals surface area contributed by atoms with Gasteiger partial charge in [-0.25, -0.2) is 4.79 Å². The summed E-state index contributed by atoms with van der Waals surface area (Å²) in [5.74, 6) is -0.136. The number of imide groups is 1. The molecule has 192 valence electrons. The number of rotatable bonds is 9. The minimum Gasteiger partial charge on any atom is -0.497 e. The summed E-state index contributed by atoms with van der Waals surface area (Å²) in [6, 6.07) is 11.8. The van der Waals surface area contributed by atoms with Gasteiger partial charge in [-0.2, -0.15) is 0 Å². The van der Waals surface area contributed by atoms with Gasteiger partial charge in [-0.1, -0.05) is 12.1 Å². The second-order valence-electron chi connectivity index (χ2n) is 9.16. The zero-order valence-electron chi connectivity index (χ0n) is 21.1. The molecule has 0 bridgehead atoms. The maximum atomic E-state index is 13.1. The van der Waals surface area contributed by atoms with Crippen molar-refractivity contribution in [3.63, 3.8) is 0 Å². The molecule has 10 nitrogen and oxygen atoms in total. The molecule has 0 aromatic heterocycles. The zero-order chi connectivity index (χ0) is 26.5. The van der Waals surface area contributed by atoms with Crippen LogP contribution in [-0.2, 0) is 16.1 Å². The lowest BCUT2D eigenvalue weighted by Crippen LogP contribution is -2.45. The minimum absolute atomic E-state index is 0.0109. The first-order chi connectivity index (χ1) is 17.0. The van der Waals surface area contributed by atoms with Crippen molar-refractivity contribution < 1.29 is 33.4 Å². The summed E-state index contributed by atoms with van der Waals surface area (Å²) in [4.78, 5) is 53.3. The number of carbonyl (C=O) groups excluding carboxylic acids is 4. The fourth-order valence-electron chi connectivity index (χ4n) is 3.72.